The van der Waals surface area contributed by atoms with Gasteiger partial charge in [0.1, 0.15) is 12.0 Å². The minimum Gasteiger partial charge on any atom is -0.372 e. The van der Waals surface area contributed by atoms with Crippen molar-refractivity contribution in [3.63, 3.8) is 0 Å². The number of hydrogen-bond donors (Lipinski definition) is 1. The molecule has 2 atom stereocenters. The molecule has 3 nitrogen and oxygen atoms in total. The fourth-order valence-electron chi connectivity index (χ4n) is 2.61. The molecular formula is C16H14FNO2. The zero-order valence-electron chi connectivity index (χ0n) is 10.7. The fraction of sp³-hybridized carbons (Fsp3) is 0.188. The van der Waals surface area contributed by atoms with Gasteiger partial charge in [-0.05, 0) is 29.8 Å². The molecule has 1 fully saturated rings. The Balaban J connectivity index is 1.91. The molecule has 2 aromatic carbocycles. The summed E-state index contributed by atoms with van der Waals surface area (Å²) in [6.45, 7) is 0. The fourth-order valence-corrected chi connectivity index (χ4v) is 2.61. The van der Waals surface area contributed by atoms with Crippen molar-refractivity contribution in [1.82, 2.24) is 0 Å². The summed E-state index contributed by atoms with van der Waals surface area (Å²) in [5.74, 6) is -0.777. The van der Waals surface area contributed by atoms with E-state index in [0.717, 1.165) is 5.56 Å². The average molecular weight is 271 g/mol. The molecule has 1 aliphatic heterocycles. The molecule has 0 bridgehead atoms. The normalized spacial score (nSPS) is 22.3. The number of nitrogens with zero attached hydrogens (tertiary/aromatic N) is 1. The zero-order valence-corrected chi connectivity index (χ0v) is 10.7. The summed E-state index contributed by atoms with van der Waals surface area (Å²) in [6, 6.07) is 15.0. The van der Waals surface area contributed by atoms with E-state index >= 15 is 0 Å². The third kappa shape index (κ3) is 2.18. The molecule has 2 aromatic rings. The van der Waals surface area contributed by atoms with Gasteiger partial charge in [0.25, 0.3) is 0 Å². The summed E-state index contributed by atoms with van der Waals surface area (Å²) in [7, 11) is 0. The summed E-state index contributed by atoms with van der Waals surface area (Å²) in [6.07, 6.45) is -0.668. The Hall–Kier alpha value is -2.20. The Morgan fingerprint density at radius 3 is 2.35 bits per heavy atom. The van der Waals surface area contributed by atoms with Crippen LogP contribution < -0.4 is 4.90 Å². The largest absolute Gasteiger partial charge is 0.372 e. The Labute approximate surface area is 116 Å². The van der Waals surface area contributed by atoms with Crippen molar-refractivity contribution in [3.05, 3.63) is 66.0 Å². The van der Waals surface area contributed by atoms with Crippen LogP contribution in [0.2, 0.25) is 0 Å². The standard InChI is InChI=1S/C16H14FNO2/c17-12-6-8-13(9-7-12)18-15(19)10-14(16(18)20)11-4-2-1-3-5-11/h1-9,14,16,20H,10H2/t14-,16-/m0/s1. The van der Waals surface area contributed by atoms with E-state index in [0.29, 0.717) is 5.69 Å². The molecule has 0 aliphatic carbocycles. The highest BCUT2D eigenvalue weighted by Gasteiger charge is 2.40. The molecule has 1 amide bonds. The Morgan fingerprint density at radius 1 is 1.05 bits per heavy atom. The number of aliphatic hydroxyl groups excluding tert-OH is 1. The molecule has 0 spiro atoms. The van der Waals surface area contributed by atoms with Crippen molar-refractivity contribution < 1.29 is 14.3 Å². The van der Waals surface area contributed by atoms with Crippen molar-refractivity contribution in [2.24, 2.45) is 0 Å². The maximum Gasteiger partial charge on any atom is 0.229 e. The lowest BCUT2D eigenvalue weighted by Crippen LogP contribution is -2.34. The highest BCUT2D eigenvalue weighted by atomic mass is 19.1. The molecule has 1 saturated heterocycles. The lowest BCUT2D eigenvalue weighted by atomic mass is 9.97. The minimum atomic E-state index is -0.921. The number of carbonyl (C=O) groups is 1. The highest BCUT2D eigenvalue weighted by molar-refractivity contribution is 5.97. The Kier molecular flexibility index (Phi) is 3.24. The molecule has 0 saturated carbocycles. The van der Waals surface area contributed by atoms with E-state index in [4.69, 9.17) is 0 Å². The molecule has 1 N–H and O–H groups in total. The summed E-state index contributed by atoms with van der Waals surface area (Å²) in [5, 5.41) is 10.4. The van der Waals surface area contributed by atoms with E-state index in [1.807, 2.05) is 30.3 Å². The molecule has 0 aromatic heterocycles. The van der Waals surface area contributed by atoms with E-state index in [2.05, 4.69) is 0 Å². The second-order valence-electron chi connectivity index (χ2n) is 4.88. The van der Waals surface area contributed by atoms with E-state index < -0.39 is 6.23 Å². The van der Waals surface area contributed by atoms with E-state index in [1.165, 1.54) is 29.2 Å². The van der Waals surface area contributed by atoms with Crippen LogP contribution in [0.4, 0.5) is 10.1 Å². The number of benzene rings is 2. The second kappa shape index (κ2) is 5.06. The zero-order chi connectivity index (χ0) is 14.1. The third-order valence-electron chi connectivity index (χ3n) is 3.62. The predicted molar refractivity (Wildman–Crippen MR) is 73.7 cm³/mol. The first kappa shape index (κ1) is 12.8. The van der Waals surface area contributed by atoms with Crippen LogP contribution in [0.1, 0.15) is 17.9 Å². The maximum absolute atomic E-state index is 12.9. The molecular weight excluding hydrogens is 257 g/mol. The van der Waals surface area contributed by atoms with Crippen LogP contribution in [0, 0.1) is 5.82 Å². The number of halogens is 1. The van der Waals surface area contributed by atoms with Crippen molar-refractivity contribution in [1.29, 1.82) is 0 Å². The lowest BCUT2D eigenvalue weighted by molar-refractivity contribution is -0.117. The summed E-state index contributed by atoms with van der Waals surface area (Å²) in [5.41, 5.74) is 1.44. The van der Waals surface area contributed by atoms with Crippen molar-refractivity contribution in [3.8, 4) is 0 Å². The summed E-state index contributed by atoms with van der Waals surface area (Å²) in [4.78, 5) is 13.5. The molecule has 1 heterocycles. The number of rotatable bonds is 2. The highest BCUT2D eigenvalue weighted by Crippen LogP contribution is 2.36. The van der Waals surface area contributed by atoms with Crippen LogP contribution in [-0.4, -0.2) is 17.2 Å². The van der Waals surface area contributed by atoms with Gasteiger partial charge in [0.2, 0.25) is 5.91 Å². The first-order valence-electron chi connectivity index (χ1n) is 6.47. The number of amides is 1. The first-order chi connectivity index (χ1) is 9.66. The van der Waals surface area contributed by atoms with Gasteiger partial charge in [0.15, 0.2) is 0 Å². The smallest absolute Gasteiger partial charge is 0.229 e. The Morgan fingerprint density at radius 2 is 1.70 bits per heavy atom. The third-order valence-corrected chi connectivity index (χ3v) is 3.62. The quantitative estimate of drug-likeness (QED) is 0.912. The predicted octanol–water partition coefficient (Wildman–Crippen LogP) is 2.66. The van der Waals surface area contributed by atoms with E-state index in [1.54, 1.807) is 0 Å². The number of hydrogen-bond acceptors (Lipinski definition) is 2. The molecule has 102 valence electrons. The monoisotopic (exact) mass is 271 g/mol. The first-order valence-corrected chi connectivity index (χ1v) is 6.47. The van der Waals surface area contributed by atoms with E-state index in [-0.39, 0.29) is 24.1 Å². The molecule has 20 heavy (non-hydrogen) atoms. The van der Waals surface area contributed by atoms with Gasteiger partial charge in [0, 0.05) is 18.0 Å². The summed E-state index contributed by atoms with van der Waals surface area (Å²) >= 11 is 0. The number of aliphatic hydroxyl groups is 1. The van der Waals surface area contributed by atoms with Crippen LogP contribution in [0.5, 0.6) is 0 Å². The maximum atomic E-state index is 12.9. The van der Waals surface area contributed by atoms with Gasteiger partial charge in [-0.1, -0.05) is 30.3 Å². The topological polar surface area (TPSA) is 40.5 Å². The van der Waals surface area contributed by atoms with Gasteiger partial charge in [0.05, 0.1) is 0 Å². The molecule has 0 radical (unpaired) electrons. The Bertz CT molecular complexity index is 612. The molecule has 0 unspecified atom stereocenters. The van der Waals surface area contributed by atoms with Gasteiger partial charge >= 0.3 is 0 Å². The number of anilines is 1. The summed E-state index contributed by atoms with van der Waals surface area (Å²) < 4.78 is 12.9. The lowest BCUT2D eigenvalue weighted by Gasteiger charge is -2.23. The van der Waals surface area contributed by atoms with Crippen molar-refractivity contribution >= 4 is 11.6 Å². The van der Waals surface area contributed by atoms with E-state index in [9.17, 15) is 14.3 Å². The second-order valence-corrected chi connectivity index (χ2v) is 4.88. The number of carbonyl (C=O) groups excluding carboxylic acids is 1. The average Bonchev–Trinajstić information content (AvgIpc) is 2.76. The van der Waals surface area contributed by atoms with Gasteiger partial charge in [-0.3, -0.25) is 9.69 Å². The van der Waals surface area contributed by atoms with Crippen LogP contribution in [0.15, 0.2) is 54.6 Å². The molecule has 1 aliphatic rings. The van der Waals surface area contributed by atoms with Gasteiger partial charge in [-0.2, -0.15) is 0 Å². The SMILES string of the molecule is O=C1C[C@@H](c2ccccc2)[C@H](O)N1c1ccc(F)cc1. The molecule has 4 heteroatoms. The molecule has 3 rings (SSSR count). The van der Waals surface area contributed by atoms with Crippen molar-refractivity contribution in [2.75, 3.05) is 4.90 Å². The van der Waals surface area contributed by atoms with Gasteiger partial charge in [-0.25, -0.2) is 4.39 Å². The van der Waals surface area contributed by atoms with Crippen molar-refractivity contribution in [2.45, 2.75) is 18.6 Å². The van der Waals surface area contributed by atoms with Crippen LogP contribution in [-0.2, 0) is 4.79 Å². The van der Waals surface area contributed by atoms with Crippen LogP contribution in [0.3, 0.4) is 0 Å². The minimum absolute atomic E-state index is 0.155. The van der Waals surface area contributed by atoms with Crippen LogP contribution in [0.25, 0.3) is 0 Å². The van der Waals surface area contributed by atoms with Gasteiger partial charge < -0.3 is 5.11 Å². The van der Waals surface area contributed by atoms with Gasteiger partial charge in [-0.15, -0.1) is 0 Å². The van der Waals surface area contributed by atoms with Crippen LogP contribution >= 0.6 is 0 Å².